The Labute approximate surface area is 124 Å². The third-order valence-electron chi connectivity index (χ3n) is 0. The van der Waals surface area contributed by atoms with E-state index in [2.05, 4.69) is 48.0 Å². The molecule has 0 heterocycles. The Kier molecular flexibility index (Phi) is 34.3. The second-order valence-corrected chi connectivity index (χ2v) is 4.40. The van der Waals surface area contributed by atoms with Gasteiger partial charge < -0.3 is 0 Å². The van der Waals surface area contributed by atoms with Crippen molar-refractivity contribution >= 4 is 29.7 Å². The maximum atomic E-state index is 9.25. The van der Waals surface area contributed by atoms with E-state index in [4.69, 9.17) is 12.3 Å². The molecule has 0 fully saturated rings. The van der Waals surface area contributed by atoms with E-state index >= 15 is 0 Å². The van der Waals surface area contributed by atoms with Crippen LogP contribution >= 0.6 is 0 Å². The van der Waals surface area contributed by atoms with Crippen LogP contribution in [0.4, 0.5) is 0 Å². The van der Waals surface area contributed by atoms with Gasteiger partial charge in [0.2, 0.25) is 0 Å². The zero-order valence-electron chi connectivity index (χ0n) is 8.30. The van der Waals surface area contributed by atoms with Gasteiger partial charge in [-0.3, -0.25) is 0 Å². The molecule has 10 heteroatoms. The topological polar surface area (TPSA) is 120 Å². The van der Waals surface area contributed by atoms with E-state index in [1.807, 2.05) is 0 Å². The van der Waals surface area contributed by atoms with Gasteiger partial charge in [-0.25, -0.2) is 0 Å². The van der Waals surface area contributed by atoms with Gasteiger partial charge in [0.1, 0.15) is 0 Å². The summed E-state index contributed by atoms with van der Waals surface area (Å²) >= 11 is 8.38. The molecule has 0 aromatic carbocycles. The fourth-order valence-electron chi connectivity index (χ4n) is 0. The summed E-state index contributed by atoms with van der Waals surface area (Å²) in [7, 11) is 0. The van der Waals surface area contributed by atoms with Gasteiger partial charge in [-0.1, -0.05) is 0 Å². The first-order valence-electron chi connectivity index (χ1n) is 3.11. The van der Waals surface area contributed by atoms with Gasteiger partial charge in [0.05, 0.1) is 0 Å². The summed E-state index contributed by atoms with van der Waals surface area (Å²) in [6, 6.07) is 0. The van der Waals surface area contributed by atoms with Crippen molar-refractivity contribution in [3.8, 4) is 0 Å². The minimum atomic E-state index is -3.94. The van der Waals surface area contributed by atoms with Crippen LogP contribution in [0.2, 0.25) is 0 Å². The van der Waals surface area contributed by atoms with Gasteiger partial charge >= 0.3 is 125 Å². The number of rotatable bonds is 0. The average molecular weight is 443 g/mol. The molecule has 0 N–H and O–H groups in total. The monoisotopic (exact) mass is 441 g/mol. The summed E-state index contributed by atoms with van der Waals surface area (Å²) < 4.78 is 24.9. The van der Waals surface area contributed by atoms with E-state index in [0.717, 1.165) is 0 Å². The van der Waals surface area contributed by atoms with Crippen LogP contribution in [-0.4, -0.2) is 29.7 Å². The van der Waals surface area contributed by atoms with E-state index in [1.54, 1.807) is 0 Å². The molecule has 0 aromatic rings. The molecule has 0 saturated carbocycles. The zero-order chi connectivity index (χ0) is 14.3. The van der Waals surface area contributed by atoms with Crippen LogP contribution in [0.3, 0.4) is 0 Å². The molecular weight excluding hydrogens is 434 g/mol. The van der Waals surface area contributed by atoms with Crippen molar-refractivity contribution in [3.05, 3.63) is 0 Å². The van der Waals surface area contributed by atoms with Crippen molar-refractivity contribution < 1.29 is 74.7 Å². The molecule has 0 aliphatic heterocycles. The van der Waals surface area contributed by atoms with Crippen molar-refractivity contribution in [2.24, 2.45) is 0 Å². The third kappa shape index (κ3) is 2900. The molecule has 107 valence electrons. The summed E-state index contributed by atoms with van der Waals surface area (Å²) in [5, 5.41) is 0. The van der Waals surface area contributed by atoms with Gasteiger partial charge in [0.25, 0.3) is 0 Å². The van der Waals surface area contributed by atoms with Gasteiger partial charge in [-0.2, -0.15) is 0 Å². The Morgan fingerprint density at radius 2 is 0.750 bits per heavy atom. The predicted octanol–water partition coefficient (Wildman–Crippen LogP) is -3.71. The van der Waals surface area contributed by atoms with E-state index in [-0.39, 0.29) is 14.0 Å². The second kappa shape index (κ2) is 21.3. The number of hydrogen-bond acceptors (Lipinski definition) is 6. The Bertz CT molecular complexity index is 155. The molecule has 6 nitrogen and oxygen atoms in total. The van der Waals surface area contributed by atoms with Gasteiger partial charge in [-0.15, -0.1) is 0 Å². The van der Waals surface area contributed by atoms with Crippen LogP contribution < -0.4 is 12.3 Å². The van der Waals surface area contributed by atoms with Crippen LogP contribution in [0.5, 0.6) is 0 Å². The Balaban J connectivity index is -0.0000000600. The fraction of sp³-hybridized carbons (Fsp3) is 0.500. The van der Waals surface area contributed by atoms with E-state index < -0.39 is 15.7 Å². The summed E-state index contributed by atoms with van der Waals surface area (Å²) in [5.41, 5.74) is 0. The van der Waals surface area contributed by atoms with Crippen molar-refractivity contribution in [1.29, 1.82) is 0 Å². The summed E-state index contributed by atoms with van der Waals surface area (Å²) in [4.78, 5) is 27.8. The van der Waals surface area contributed by atoms with Gasteiger partial charge in [0.15, 0.2) is 0 Å². The first-order chi connectivity index (χ1) is 6.93. The maximum absolute atomic E-state index is 9.25. The Morgan fingerprint density at radius 1 is 0.750 bits per heavy atom. The Morgan fingerprint density at radius 3 is 0.750 bits per heavy atom. The molecule has 0 atom stereocenters. The first kappa shape index (κ1) is 25.8. The zero-order valence-corrected chi connectivity index (χ0v) is 13.0. The molecule has 0 aromatic heterocycles. The molecule has 0 radical (unpaired) electrons. The standard InChI is InChI=1S/3C2H3O.AsO3.3Cu/c3*1-2-3;2-1(3)4;;;/h3*1H3;;;;/q;;;-3;3*+1. The number of hydrogen-bond donors (Lipinski definition) is 0. The molecule has 0 saturated heterocycles. The van der Waals surface area contributed by atoms with Gasteiger partial charge in [0, 0.05) is 0 Å². The van der Waals surface area contributed by atoms with Gasteiger partial charge in [-0.05, 0) is 0 Å². The normalized spacial score (nSPS) is 7.31. The molecule has 16 heavy (non-hydrogen) atoms. The second-order valence-electron chi connectivity index (χ2n) is 1.47. The molecule has 0 amide bonds. The third-order valence-corrected chi connectivity index (χ3v) is 0. The van der Waals surface area contributed by atoms with E-state index in [1.165, 1.54) is 20.8 Å². The van der Waals surface area contributed by atoms with Crippen molar-refractivity contribution in [3.63, 3.8) is 0 Å². The molecular formula is C6H9AsCu3O6. The molecule has 0 unspecified atom stereocenters. The van der Waals surface area contributed by atoms with E-state index in [0.29, 0.717) is 0 Å². The van der Waals surface area contributed by atoms with Crippen molar-refractivity contribution in [1.82, 2.24) is 0 Å². The Hall–Kier alpha value is 1.01. The predicted molar refractivity (Wildman–Crippen MR) is 37.8 cm³/mol. The summed E-state index contributed by atoms with van der Waals surface area (Å²) in [5.74, 6) is 0. The summed E-state index contributed by atoms with van der Waals surface area (Å²) in [6.07, 6.45) is 0. The molecule has 0 aliphatic carbocycles. The number of carbonyl (C=O) groups is 3. The quantitative estimate of drug-likeness (QED) is 0.356. The fourth-order valence-corrected chi connectivity index (χ4v) is 0. The van der Waals surface area contributed by atoms with Crippen LogP contribution in [-0.2, 0) is 62.4 Å². The average Bonchev–Trinajstić information content (AvgIpc) is 1.76. The molecule has 0 spiro atoms. The molecule has 0 bridgehead atoms. The van der Waals surface area contributed by atoms with Crippen LogP contribution in [0, 0.1) is 0 Å². The van der Waals surface area contributed by atoms with Crippen LogP contribution in [0.15, 0.2) is 0 Å². The van der Waals surface area contributed by atoms with Crippen LogP contribution in [0.25, 0.3) is 0 Å². The summed E-state index contributed by atoms with van der Waals surface area (Å²) in [6.45, 7) is 4.00. The van der Waals surface area contributed by atoms with Crippen LogP contribution in [0.1, 0.15) is 20.8 Å². The van der Waals surface area contributed by atoms with E-state index in [9.17, 15) is 14.4 Å². The van der Waals surface area contributed by atoms with Crippen molar-refractivity contribution in [2.45, 2.75) is 20.8 Å². The first-order valence-corrected chi connectivity index (χ1v) is 6.82. The number of carbonyl (C=O) groups excluding carboxylic acids is 3. The molecule has 0 aliphatic rings. The van der Waals surface area contributed by atoms with Crippen molar-refractivity contribution in [2.75, 3.05) is 0 Å². The minimum absolute atomic E-state index is 0.271. The SMILES string of the molecule is C[C](=O)[Cu+].C[C](=O)[Cu+].C[C](=O)[Cu+].[O-][As]([O-])[O-]. The molecule has 0 rings (SSSR count).